The highest BCUT2D eigenvalue weighted by Crippen LogP contribution is 2.37. The van der Waals surface area contributed by atoms with Crippen LogP contribution in [0.5, 0.6) is 5.75 Å². The van der Waals surface area contributed by atoms with Crippen molar-refractivity contribution in [1.29, 1.82) is 0 Å². The van der Waals surface area contributed by atoms with Gasteiger partial charge in [0.05, 0.1) is 13.3 Å². The molecule has 0 amide bonds. The van der Waals surface area contributed by atoms with Gasteiger partial charge in [0.15, 0.2) is 21.4 Å². The molecule has 19 heavy (non-hydrogen) atoms. The number of nitrogens with zero attached hydrogens (tertiary/aromatic N) is 1. The van der Waals surface area contributed by atoms with Gasteiger partial charge in [-0.1, -0.05) is 0 Å². The Morgan fingerprint density at radius 1 is 1.37 bits per heavy atom. The molecular weight excluding hydrogens is 273 g/mol. The van der Waals surface area contributed by atoms with Crippen LogP contribution >= 0.6 is 0 Å². The molecule has 0 aliphatic heterocycles. The van der Waals surface area contributed by atoms with Gasteiger partial charge in [0.25, 0.3) is 0 Å². The molecular formula is C11H12FN3O3S. The number of benzene rings is 1. The van der Waals surface area contributed by atoms with Crippen LogP contribution in [0.15, 0.2) is 23.2 Å². The molecule has 0 fully saturated rings. The molecule has 0 radical (unpaired) electrons. The number of sulfone groups is 1. The van der Waals surface area contributed by atoms with Crippen LogP contribution in [-0.2, 0) is 9.84 Å². The molecule has 0 aliphatic rings. The van der Waals surface area contributed by atoms with Crippen molar-refractivity contribution in [2.24, 2.45) is 0 Å². The van der Waals surface area contributed by atoms with Crippen LogP contribution < -0.4 is 10.5 Å². The van der Waals surface area contributed by atoms with E-state index in [1.54, 1.807) is 0 Å². The van der Waals surface area contributed by atoms with E-state index >= 15 is 0 Å². The van der Waals surface area contributed by atoms with E-state index in [0.717, 1.165) is 6.26 Å². The fourth-order valence-electron chi connectivity index (χ4n) is 1.75. The summed E-state index contributed by atoms with van der Waals surface area (Å²) in [7, 11) is -2.42. The number of halogens is 1. The van der Waals surface area contributed by atoms with Gasteiger partial charge in [-0.15, -0.1) is 0 Å². The molecule has 6 nitrogen and oxygen atoms in total. The van der Waals surface area contributed by atoms with Crippen molar-refractivity contribution in [3.63, 3.8) is 0 Å². The van der Waals surface area contributed by atoms with Gasteiger partial charge in [-0.3, -0.25) is 5.10 Å². The number of hydrogen-bond acceptors (Lipinski definition) is 5. The second-order valence-electron chi connectivity index (χ2n) is 3.93. The number of aromatic amines is 1. The van der Waals surface area contributed by atoms with E-state index in [4.69, 9.17) is 10.5 Å². The van der Waals surface area contributed by atoms with Crippen LogP contribution in [0, 0.1) is 5.82 Å². The van der Waals surface area contributed by atoms with Gasteiger partial charge in [-0.2, -0.15) is 5.10 Å². The first-order valence-corrected chi connectivity index (χ1v) is 7.11. The molecule has 1 aromatic heterocycles. The normalized spacial score (nSPS) is 11.5. The molecule has 0 unspecified atom stereocenters. The highest BCUT2D eigenvalue weighted by atomic mass is 32.2. The summed E-state index contributed by atoms with van der Waals surface area (Å²) in [6.07, 6.45) is 2.34. The summed E-state index contributed by atoms with van der Waals surface area (Å²) in [4.78, 5) is -0.421. The smallest absolute Gasteiger partial charge is 0.184 e. The van der Waals surface area contributed by atoms with E-state index in [-0.39, 0.29) is 11.6 Å². The number of aromatic nitrogens is 2. The van der Waals surface area contributed by atoms with E-state index in [1.807, 2.05) is 0 Å². The van der Waals surface area contributed by atoms with Crippen molar-refractivity contribution >= 4 is 15.7 Å². The van der Waals surface area contributed by atoms with Gasteiger partial charge in [-0.05, 0) is 12.1 Å². The third-order valence-electron chi connectivity index (χ3n) is 2.62. The Morgan fingerprint density at radius 2 is 2.05 bits per heavy atom. The monoisotopic (exact) mass is 285 g/mol. The molecule has 2 rings (SSSR count). The number of ether oxygens (including phenoxy) is 1. The van der Waals surface area contributed by atoms with Crippen molar-refractivity contribution in [2.75, 3.05) is 19.1 Å². The number of hydrogen-bond donors (Lipinski definition) is 2. The van der Waals surface area contributed by atoms with Gasteiger partial charge in [0.2, 0.25) is 0 Å². The van der Waals surface area contributed by atoms with Crippen molar-refractivity contribution in [2.45, 2.75) is 4.90 Å². The summed E-state index contributed by atoms with van der Waals surface area (Å²) in [6.45, 7) is 0. The van der Waals surface area contributed by atoms with Gasteiger partial charge >= 0.3 is 0 Å². The summed E-state index contributed by atoms with van der Waals surface area (Å²) < 4.78 is 42.0. The van der Waals surface area contributed by atoms with E-state index in [1.165, 1.54) is 25.4 Å². The summed E-state index contributed by atoms with van der Waals surface area (Å²) >= 11 is 0. The SMILES string of the molecule is COc1c(-c2cn[nH]c2N)ccc(S(C)(=O)=O)c1F. The minimum atomic E-state index is -3.67. The van der Waals surface area contributed by atoms with Crippen molar-refractivity contribution < 1.29 is 17.5 Å². The first kappa shape index (κ1) is 13.3. The van der Waals surface area contributed by atoms with Crippen LogP contribution in [0.25, 0.3) is 11.1 Å². The lowest BCUT2D eigenvalue weighted by Gasteiger charge is -2.11. The van der Waals surface area contributed by atoms with Crippen molar-refractivity contribution in [3.05, 3.63) is 24.1 Å². The highest BCUT2D eigenvalue weighted by molar-refractivity contribution is 7.90. The molecule has 3 N–H and O–H groups in total. The van der Waals surface area contributed by atoms with Crippen LogP contribution in [0.4, 0.5) is 10.2 Å². The second-order valence-corrected chi connectivity index (χ2v) is 5.91. The van der Waals surface area contributed by atoms with Crippen LogP contribution in [0.3, 0.4) is 0 Å². The van der Waals surface area contributed by atoms with E-state index < -0.39 is 20.5 Å². The summed E-state index contributed by atoms with van der Waals surface area (Å²) in [5.74, 6) is -0.885. The standard InChI is InChI=1S/C11H12FN3O3S/c1-18-10-6(7-5-14-15-11(7)13)3-4-8(9(10)12)19(2,16)17/h3-5H,1-2H3,(H3,13,14,15). The number of methoxy groups -OCH3 is 1. The predicted molar refractivity (Wildman–Crippen MR) is 68.1 cm³/mol. The lowest BCUT2D eigenvalue weighted by molar-refractivity contribution is 0.382. The molecule has 8 heteroatoms. The zero-order valence-electron chi connectivity index (χ0n) is 10.3. The number of anilines is 1. The molecule has 102 valence electrons. The molecule has 0 aliphatic carbocycles. The van der Waals surface area contributed by atoms with E-state index in [9.17, 15) is 12.8 Å². The molecule has 2 aromatic rings. The first-order valence-electron chi connectivity index (χ1n) is 5.22. The largest absolute Gasteiger partial charge is 0.493 e. The number of nitrogen functional groups attached to an aromatic ring is 1. The highest BCUT2D eigenvalue weighted by Gasteiger charge is 2.22. The lowest BCUT2D eigenvalue weighted by atomic mass is 10.1. The molecule has 0 saturated heterocycles. The summed E-state index contributed by atoms with van der Waals surface area (Å²) in [6, 6.07) is 2.61. The quantitative estimate of drug-likeness (QED) is 0.883. The Morgan fingerprint density at radius 3 is 2.53 bits per heavy atom. The fourth-order valence-corrected chi connectivity index (χ4v) is 2.48. The summed E-state index contributed by atoms with van der Waals surface area (Å²) in [5, 5.41) is 6.24. The predicted octanol–water partition coefficient (Wildman–Crippen LogP) is 1.21. The Hall–Kier alpha value is -2.09. The maximum Gasteiger partial charge on any atom is 0.184 e. The number of nitrogens with two attached hydrogens (primary N) is 1. The molecule has 0 spiro atoms. The zero-order valence-corrected chi connectivity index (χ0v) is 11.1. The molecule has 1 aromatic carbocycles. The van der Waals surface area contributed by atoms with Gasteiger partial charge < -0.3 is 10.5 Å². The lowest BCUT2D eigenvalue weighted by Crippen LogP contribution is -2.04. The Labute approximate surface area is 109 Å². The van der Waals surface area contributed by atoms with Gasteiger partial charge in [-0.25, -0.2) is 12.8 Å². The Balaban J connectivity index is 2.73. The molecule has 0 saturated carbocycles. The maximum absolute atomic E-state index is 14.2. The minimum absolute atomic E-state index is 0.184. The number of rotatable bonds is 3. The Bertz CT molecular complexity index is 725. The first-order chi connectivity index (χ1) is 8.86. The second kappa shape index (κ2) is 4.54. The van der Waals surface area contributed by atoms with Crippen molar-refractivity contribution in [3.8, 4) is 16.9 Å². The average molecular weight is 285 g/mol. The molecule has 0 atom stereocenters. The van der Waals surface area contributed by atoms with Gasteiger partial charge in [0.1, 0.15) is 10.7 Å². The Kier molecular flexibility index (Phi) is 3.19. The van der Waals surface area contributed by atoms with Crippen LogP contribution in [0.2, 0.25) is 0 Å². The molecule has 0 bridgehead atoms. The number of nitrogens with one attached hydrogen (secondary N) is 1. The minimum Gasteiger partial charge on any atom is -0.493 e. The summed E-state index contributed by atoms with van der Waals surface area (Å²) in [5.41, 5.74) is 6.43. The van der Waals surface area contributed by atoms with E-state index in [0.29, 0.717) is 11.1 Å². The van der Waals surface area contributed by atoms with Crippen LogP contribution in [-0.4, -0.2) is 32.0 Å². The average Bonchev–Trinajstić information content (AvgIpc) is 2.73. The van der Waals surface area contributed by atoms with Crippen molar-refractivity contribution in [1.82, 2.24) is 10.2 Å². The van der Waals surface area contributed by atoms with Crippen LogP contribution in [0.1, 0.15) is 0 Å². The zero-order chi connectivity index (χ0) is 14.2. The fraction of sp³-hybridized carbons (Fsp3) is 0.182. The third-order valence-corrected chi connectivity index (χ3v) is 3.74. The third kappa shape index (κ3) is 2.26. The topological polar surface area (TPSA) is 98.1 Å². The molecule has 1 heterocycles. The number of H-pyrrole nitrogens is 1. The van der Waals surface area contributed by atoms with Gasteiger partial charge in [0, 0.05) is 17.4 Å². The van der Waals surface area contributed by atoms with E-state index in [2.05, 4.69) is 10.2 Å². The maximum atomic E-state index is 14.2.